The lowest BCUT2D eigenvalue weighted by Gasteiger charge is -2.24. The summed E-state index contributed by atoms with van der Waals surface area (Å²) in [6, 6.07) is 5.40. The van der Waals surface area contributed by atoms with E-state index >= 15 is 0 Å². The van der Waals surface area contributed by atoms with Gasteiger partial charge in [0.1, 0.15) is 0 Å². The molecule has 0 amide bonds. The highest BCUT2D eigenvalue weighted by Gasteiger charge is 2.22. The Balaban J connectivity index is 2.24. The van der Waals surface area contributed by atoms with E-state index in [4.69, 9.17) is 22.1 Å². The summed E-state index contributed by atoms with van der Waals surface area (Å²) in [6.45, 7) is 5.72. The van der Waals surface area contributed by atoms with E-state index in [1.807, 2.05) is 6.07 Å². The molecule has 0 aliphatic rings. The number of aromatic nitrogens is 4. The molecule has 7 heteroatoms. The quantitative estimate of drug-likeness (QED) is 0.830. The lowest BCUT2D eigenvalue weighted by Crippen LogP contribution is -2.23. The van der Waals surface area contributed by atoms with Crippen molar-refractivity contribution in [3.05, 3.63) is 23.2 Å². The number of nitrogens with zero attached hydrogens (tertiary/aromatic N) is 4. The molecule has 0 unspecified atom stereocenters. The van der Waals surface area contributed by atoms with E-state index < -0.39 is 0 Å². The summed E-state index contributed by atoms with van der Waals surface area (Å²) in [5.41, 5.74) is 7.15. The summed E-state index contributed by atoms with van der Waals surface area (Å²) in [6.07, 6.45) is 0.922. The molecule has 2 aromatic rings. The molecule has 114 valence electrons. The molecule has 0 saturated carbocycles. The second-order valence-electron chi connectivity index (χ2n) is 5.80. The predicted molar refractivity (Wildman–Crippen MR) is 82.9 cm³/mol. The van der Waals surface area contributed by atoms with Crippen LogP contribution >= 0.6 is 11.6 Å². The van der Waals surface area contributed by atoms with Crippen LogP contribution in [0.4, 0.5) is 5.69 Å². The first-order chi connectivity index (χ1) is 9.93. The normalized spacial score (nSPS) is 11.8. The Kier molecular flexibility index (Phi) is 4.80. The fourth-order valence-electron chi connectivity index (χ4n) is 2.05. The summed E-state index contributed by atoms with van der Waals surface area (Å²) < 4.78 is 6.94. The topological polar surface area (TPSA) is 78.8 Å². The minimum Gasteiger partial charge on any atom is -0.398 e. The summed E-state index contributed by atoms with van der Waals surface area (Å²) >= 11 is 6.07. The van der Waals surface area contributed by atoms with Gasteiger partial charge in [0.15, 0.2) is 5.82 Å². The number of tetrazole rings is 1. The third-order valence-electron chi connectivity index (χ3n) is 3.35. The fourth-order valence-corrected chi connectivity index (χ4v) is 2.23. The molecule has 0 saturated heterocycles. The number of anilines is 1. The van der Waals surface area contributed by atoms with Gasteiger partial charge >= 0.3 is 0 Å². The number of methoxy groups -OCH3 is 1. The number of hydrogen-bond donors (Lipinski definition) is 1. The van der Waals surface area contributed by atoms with Crippen LogP contribution in [-0.2, 0) is 11.3 Å². The maximum atomic E-state index is 6.07. The van der Waals surface area contributed by atoms with E-state index in [0.717, 1.165) is 12.0 Å². The van der Waals surface area contributed by atoms with Gasteiger partial charge in [-0.05, 0) is 40.5 Å². The van der Waals surface area contributed by atoms with E-state index in [1.54, 1.807) is 23.9 Å². The molecule has 0 atom stereocenters. The second-order valence-corrected chi connectivity index (χ2v) is 6.21. The lowest BCUT2D eigenvalue weighted by molar-refractivity contribution is 0.140. The van der Waals surface area contributed by atoms with Crippen LogP contribution in [0.25, 0.3) is 11.4 Å². The summed E-state index contributed by atoms with van der Waals surface area (Å²) in [4.78, 5) is 0. The van der Waals surface area contributed by atoms with Crippen LogP contribution in [0.3, 0.4) is 0 Å². The molecule has 0 fully saturated rings. The van der Waals surface area contributed by atoms with Gasteiger partial charge in [0.05, 0.1) is 17.3 Å². The van der Waals surface area contributed by atoms with E-state index in [-0.39, 0.29) is 5.41 Å². The molecular weight excluding hydrogens is 290 g/mol. The standard InChI is InChI=1S/C14H20ClN5O/c1-14(2,6-7-21-3)9-20-13(17-18-19-20)10-4-5-12(16)11(15)8-10/h4-5,8H,6-7,9,16H2,1-3H3. The van der Waals surface area contributed by atoms with Crippen LogP contribution in [0.5, 0.6) is 0 Å². The Morgan fingerprint density at radius 2 is 2.14 bits per heavy atom. The Morgan fingerprint density at radius 1 is 1.38 bits per heavy atom. The molecule has 1 aromatic heterocycles. The van der Waals surface area contributed by atoms with Crippen molar-refractivity contribution in [3.8, 4) is 11.4 Å². The number of benzene rings is 1. The highest BCUT2D eigenvalue weighted by Crippen LogP contribution is 2.28. The lowest BCUT2D eigenvalue weighted by atomic mass is 9.89. The minimum absolute atomic E-state index is 0.0255. The molecule has 0 spiro atoms. The number of rotatable bonds is 6. The Morgan fingerprint density at radius 3 is 2.81 bits per heavy atom. The number of hydrogen-bond acceptors (Lipinski definition) is 5. The second kappa shape index (κ2) is 6.41. The van der Waals surface area contributed by atoms with Gasteiger partial charge in [-0.2, -0.15) is 0 Å². The third kappa shape index (κ3) is 3.92. The van der Waals surface area contributed by atoms with Gasteiger partial charge in [-0.3, -0.25) is 0 Å². The van der Waals surface area contributed by atoms with E-state index in [9.17, 15) is 0 Å². The highest BCUT2D eigenvalue weighted by atomic mass is 35.5. The molecule has 6 nitrogen and oxygen atoms in total. The molecule has 0 aliphatic heterocycles. The summed E-state index contributed by atoms with van der Waals surface area (Å²) in [5, 5.41) is 12.4. The number of nitrogen functional groups attached to an aromatic ring is 1. The molecular formula is C14H20ClN5O. The van der Waals surface area contributed by atoms with Crippen molar-refractivity contribution in [3.63, 3.8) is 0 Å². The number of nitrogens with two attached hydrogens (primary N) is 1. The molecule has 0 radical (unpaired) electrons. The Hall–Kier alpha value is -1.66. The van der Waals surface area contributed by atoms with Gasteiger partial charge in [-0.1, -0.05) is 25.4 Å². The minimum atomic E-state index is 0.0255. The number of ether oxygens (including phenoxy) is 1. The van der Waals surface area contributed by atoms with Gasteiger partial charge in [0, 0.05) is 19.3 Å². The van der Waals surface area contributed by atoms with Crippen molar-refractivity contribution in [1.82, 2.24) is 20.2 Å². The zero-order valence-corrected chi connectivity index (χ0v) is 13.3. The van der Waals surface area contributed by atoms with Gasteiger partial charge in [0.25, 0.3) is 0 Å². The van der Waals surface area contributed by atoms with Crippen molar-refractivity contribution in [2.75, 3.05) is 19.5 Å². The average molecular weight is 310 g/mol. The zero-order chi connectivity index (χ0) is 15.5. The summed E-state index contributed by atoms with van der Waals surface area (Å²) in [5.74, 6) is 0.683. The van der Waals surface area contributed by atoms with Crippen molar-refractivity contribution in [1.29, 1.82) is 0 Å². The first-order valence-corrected chi connectivity index (χ1v) is 7.11. The van der Waals surface area contributed by atoms with Crippen LogP contribution in [0.15, 0.2) is 18.2 Å². The van der Waals surface area contributed by atoms with Gasteiger partial charge in [-0.25, -0.2) is 4.68 Å². The maximum Gasteiger partial charge on any atom is 0.182 e. The first kappa shape index (κ1) is 15.7. The van der Waals surface area contributed by atoms with Crippen molar-refractivity contribution < 1.29 is 4.74 Å². The van der Waals surface area contributed by atoms with Crippen molar-refractivity contribution in [2.45, 2.75) is 26.8 Å². The highest BCUT2D eigenvalue weighted by molar-refractivity contribution is 6.33. The maximum absolute atomic E-state index is 6.07. The molecule has 0 bridgehead atoms. The molecule has 0 aliphatic carbocycles. The first-order valence-electron chi connectivity index (χ1n) is 6.73. The van der Waals surface area contributed by atoms with E-state index in [0.29, 0.717) is 29.7 Å². The summed E-state index contributed by atoms with van der Waals surface area (Å²) in [7, 11) is 1.70. The van der Waals surface area contributed by atoms with Crippen molar-refractivity contribution in [2.24, 2.45) is 5.41 Å². The fraction of sp³-hybridized carbons (Fsp3) is 0.500. The van der Waals surface area contributed by atoms with Crippen LogP contribution in [-0.4, -0.2) is 33.9 Å². The average Bonchev–Trinajstić information content (AvgIpc) is 2.87. The van der Waals surface area contributed by atoms with Gasteiger partial charge < -0.3 is 10.5 Å². The van der Waals surface area contributed by atoms with Crippen LogP contribution in [0.2, 0.25) is 5.02 Å². The molecule has 2 rings (SSSR count). The Labute approximate surface area is 129 Å². The zero-order valence-electron chi connectivity index (χ0n) is 12.5. The molecule has 2 N–H and O–H groups in total. The largest absolute Gasteiger partial charge is 0.398 e. The SMILES string of the molecule is COCCC(C)(C)Cn1nnnc1-c1ccc(N)c(Cl)c1. The predicted octanol–water partition coefficient (Wildman–Crippen LogP) is 2.64. The Bertz CT molecular complexity index is 611. The van der Waals surface area contributed by atoms with Crippen LogP contribution in [0.1, 0.15) is 20.3 Å². The van der Waals surface area contributed by atoms with Crippen molar-refractivity contribution >= 4 is 17.3 Å². The monoisotopic (exact) mass is 309 g/mol. The van der Waals surface area contributed by atoms with Crippen LogP contribution in [0, 0.1) is 5.41 Å². The van der Waals surface area contributed by atoms with Crippen LogP contribution < -0.4 is 5.73 Å². The van der Waals surface area contributed by atoms with Gasteiger partial charge in [0.2, 0.25) is 0 Å². The smallest absolute Gasteiger partial charge is 0.182 e. The molecule has 1 heterocycles. The molecule has 1 aromatic carbocycles. The third-order valence-corrected chi connectivity index (χ3v) is 3.68. The molecule has 21 heavy (non-hydrogen) atoms. The number of halogens is 1. The van der Waals surface area contributed by atoms with Gasteiger partial charge in [-0.15, -0.1) is 5.10 Å². The van der Waals surface area contributed by atoms with E-state index in [1.165, 1.54) is 0 Å². The van der Waals surface area contributed by atoms with E-state index in [2.05, 4.69) is 29.4 Å².